The highest BCUT2D eigenvalue weighted by atomic mass is 19.4. The fourth-order valence-corrected chi connectivity index (χ4v) is 3.59. The zero-order valence-electron chi connectivity index (χ0n) is 19.2. The summed E-state index contributed by atoms with van der Waals surface area (Å²) in [7, 11) is 0. The molecular weight excluding hydrogens is 475 g/mol. The molecule has 4 aromatic rings. The van der Waals surface area contributed by atoms with E-state index in [-0.39, 0.29) is 42.8 Å². The van der Waals surface area contributed by atoms with Gasteiger partial charge in [-0.15, -0.1) is 0 Å². The molecule has 0 atom stereocenters. The zero-order chi connectivity index (χ0) is 25.7. The van der Waals surface area contributed by atoms with Gasteiger partial charge < -0.3 is 14.7 Å². The van der Waals surface area contributed by atoms with Crippen molar-refractivity contribution in [1.82, 2.24) is 19.9 Å². The fraction of sp³-hybridized carbons (Fsp3) is 0.240. The monoisotopic (exact) mass is 497 g/mol. The van der Waals surface area contributed by atoms with Gasteiger partial charge in [0.15, 0.2) is 0 Å². The van der Waals surface area contributed by atoms with E-state index in [1.807, 2.05) is 6.92 Å². The molecule has 11 heteroatoms. The third-order valence-electron chi connectivity index (χ3n) is 5.29. The molecule has 8 nitrogen and oxygen atoms in total. The Morgan fingerprint density at radius 1 is 1.00 bits per heavy atom. The van der Waals surface area contributed by atoms with Crippen molar-refractivity contribution >= 4 is 23.0 Å². The Labute approximate surface area is 204 Å². The first-order valence-electron chi connectivity index (χ1n) is 11.0. The maximum Gasteiger partial charge on any atom is 0.416 e. The summed E-state index contributed by atoms with van der Waals surface area (Å²) in [5, 5.41) is 9.50. The van der Waals surface area contributed by atoms with E-state index in [1.54, 1.807) is 47.6 Å². The number of aryl methyl sites for hydroxylation is 1. The van der Waals surface area contributed by atoms with Crippen molar-refractivity contribution in [1.29, 1.82) is 0 Å². The van der Waals surface area contributed by atoms with Gasteiger partial charge in [0.25, 0.3) is 0 Å². The van der Waals surface area contributed by atoms with E-state index in [9.17, 15) is 23.1 Å². The molecule has 0 fully saturated rings. The predicted molar refractivity (Wildman–Crippen MR) is 126 cm³/mol. The lowest BCUT2D eigenvalue weighted by Gasteiger charge is -2.24. The third kappa shape index (κ3) is 5.85. The van der Waals surface area contributed by atoms with Crippen molar-refractivity contribution < 1.29 is 27.8 Å². The lowest BCUT2D eigenvalue weighted by Crippen LogP contribution is -2.28. The molecular formula is C25H22F3N5O3. The van der Waals surface area contributed by atoms with Crippen LogP contribution in [-0.2, 0) is 12.7 Å². The number of anilines is 1. The van der Waals surface area contributed by atoms with Crippen molar-refractivity contribution in [3.63, 3.8) is 0 Å². The second-order valence-electron chi connectivity index (χ2n) is 8.01. The Balaban J connectivity index is 1.51. The van der Waals surface area contributed by atoms with Crippen LogP contribution in [-0.4, -0.2) is 44.2 Å². The molecule has 0 aliphatic rings. The van der Waals surface area contributed by atoms with Gasteiger partial charge in [0.2, 0.25) is 17.5 Å². The van der Waals surface area contributed by atoms with Crippen LogP contribution in [0, 0.1) is 6.92 Å². The number of carboxylic acids is 1. The summed E-state index contributed by atoms with van der Waals surface area (Å²) >= 11 is 0. The average molecular weight is 497 g/mol. The molecule has 0 spiro atoms. The minimum absolute atomic E-state index is 0.0522. The van der Waals surface area contributed by atoms with Gasteiger partial charge in [-0.05, 0) is 42.7 Å². The first-order valence-corrected chi connectivity index (χ1v) is 11.0. The molecule has 0 saturated heterocycles. The maximum atomic E-state index is 13.5. The number of para-hydroxylation sites is 2. The number of aromatic nitrogens is 4. The second-order valence-corrected chi connectivity index (χ2v) is 8.01. The summed E-state index contributed by atoms with van der Waals surface area (Å²) < 4.78 is 46.2. The third-order valence-corrected chi connectivity index (χ3v) is 5.29. The quantitative estimate of drug-likeness (QED) is 0.325. The predicted octanol–water partition coefficient (Wildman–Crippen LogP) is 4.92. The number of carbonyl (C=O) groups is 1. The van der Waals surface area contributed by atoms with Crippen LogP contribution in [0.2, 0.25) is 0 Å². The van der Waals surface area contributed by atoms with Gasteiger partial charge in [0.1, 0.15) is 0 Å². The molecule has 36 heavy (non-hydrogen) atoms. The maximum absolute atomic E-state index is 13.5. The Kier molecular flexibility index (Phi) is 7.28. The van der Waals surface area contributed by atoms with E-state index in [2.05, 4.69) is 19.9 Å². The Morgan fingerprint density at radius 2 is 1.64 bits per heavy atom. The molecule has 1 N–H and O–H groups in total. The van der Waals surface area contributed by atoms with E-state index in [0.29, 0.717) is 17.5 Å². The minimum atomic E-state index is -4.50. The summed E-state index contributed by atoms with van der Waals surface area (Å²) in [5.74, 6) is -1.13. The van der Waals surface area contributed by atoms with Crippen LogP contribution in [0.25, 0.3) is 11.0 Å². The van der Waals surface area contributed by atoms with Gasteiger partial charge >= 0.3 is 12.1 Å². The van der Waals surface area contributed by atoms with Gasteiger partial charge in [0, 0.05) is 25.5 Å². The smallest absolute Gasteiger partial charge is 0.416 e. The van der Waals surface area contributed by atoms with Gasteiger partial charge in [-0.1, -0.05) is 30.3 Å². The number of hydrogen-bond donors (Lipinski definition) is 1. The molecule has 4 rings (SSSR count). The molecule has 2 heterocycles. The number of ether oxygens (including phenoxy) is 1. The number of aromatic carboxylic acids is 1. The van der Waals surface area contributed by atoms with E-state index < -0.39 is 17.7 Å². The second kappa shape index (κ2) is 10.5. The lowest BCUT2D eigenvalue weighted by molar-refractivity contribution is -0.138. The van der Waals surface area contributed by atoms with Crippen LogP contribution in [0.4, 0.5) is 19.1 Å². The van der Waals surface area contributed by atoms with Gasteiger partial charge in [-0.25, -0.2) is 24.7 Å². The van der Waals surface area contributed by atoms with Crippen molar-refractivity contribution in [2.75, 3.05) is 18.1 Å². The molecule has 0 bridgehead atoms. The van der Waals surface area contributed by atoms with Crippen molar-refractivity contribution in [3.05, 3.63) is 83.3 Å². The number of fused-ring (bicyclic) bond motifs is 1. The molecule has 0 unspecified atom stereocenters. The van der Waals surface area contributed by atoms with Crippen LogP contribution >= 0.6 is 0 Å². The number of rotatable bonds is 9. The van der Waals surface area contributed by atoms with E-state index in [1.165, 1.54) is 12.1 Å². The Morgan fingerprint density at radius 3 is 2.31 bits per heavy atom. The molecule has 0 aliphatic heterocycles. The van der Waals surface area contributed by atoms with Crippen molar-refractivity contribution in [3.8, 4) is 5.88 Å². The minimum Gasteiger partial charge on any atom is -0.476 e. The van der Waals surface area contributed by atoms with Crippen LogP contribution in [0.3, 0.4) is 0 Å². The highest BCUT2D eigenvalue weighted by Gasteiger charge is 2.33. The van der Waals surface area contributed by atoms with E-state index in [4.69, 9.17) is 4.74 Å². The van der Waals surface area contributed by atoms with Gasteiger partial charge in [0.05, 0.1) is 23.2 Å². The highest BCUT2D eigenvalue weighted by molar-refractivity contribution is 5.90. The Hall–Kier alpha value is -4.28. The molecule has 0 aliphatic carbocycles. The molecule has 2 aromatic heterocycles. The van der Waals surface area contributed by atoms with E-state index >= 15 is 0 Å². The highest BCUT2D eigenvalue weighted by Crippen LogP contribution is 2.32. The van der Waals surface area contributed by atoms with Crippen LogP contribution in [0.1, 0.15) is 33.6 Å². The largest absolute Gasteiger partial charge is 0.476 e. The summed E-state index contributed by atoms with van der Waals surface area (Å²) in [6.45, 7) is 2.04. The van der Waals surface area contributed by atoms with Gasteiger partial charge in [-0.3, -0.25) is 0 Å². The summed E-state index contributed by atoms with van der Waals surface area (Å²) in [6.07, 6.45) is -0.989. The number of halogens is 3. The average Bonchev–Trinajstić information content (AvgIpc) is 2.85. The van der Waals surface area contributed by atoms with Crippen LogP contribution in [0.5, 0.6) is 5.88 Å². The molecule has 0 radical (unpaired) electrons. The summed E-state index contributed by atoms with van der Waals surface area (Å²) in [4.78, 5) is 30.2. The number of alkyl halides is 3. The lowest BCUT2D eigenvalue weighted by atomic mass is 10.1. The number of nitrogens with zero attached hydrogens (tertiary/aromatic N) is 5. The van der Waals surface area contributed by atoms with Gasteiger partial charge in [-0.2, -0.15) is 13.2 Å². The number of hydrogen-bond acceptors (Lipinski definition) is 7. The Bertz CT molecular complexity index is 1360. The molecule has 0 saturated carbocycles. The summed E-state index contributed by atoms with van der Waals surface area (Å²) in [5.41, 5.74) is 0.768. The number of carboxylic acid groups (broad SMARTS) is 1. The summed E-state index contributed by atoms with van der Waals surface area (Å²) in [6, 6.07) is 12.2. The zero-order valence-corrected chi connectivity index (χ0v) is 19.2. The standard InChI is InChI=1S/C25H22F3N5O3/c1-16-13-29-24(30-14-16)33(15-17-7-2-3-8-18(17)25(26,27)28)11-6-12-36-22-21(23(34)35)31-19-9-4-5-10-20(19)32-22/h2-5,7-10,13-14H,6,11-12,15H2,1H3,(H,34,35). The first kappa shape index (κ1) is 24.8. The fourth-order valence-electron chi connectivity index (χ4n) is 3.59. The van der Waals surface area contributed by atoms with Crippen LogP contribution in [0.15, 0.2) is 60.9 Å². The SMILES string of the molecule is Cc1cnc(N(CCCOc2nc3ccccc3nc2C(=O)O)Cc2ccccc2C(F)(F)F)nc1. The van der Waals surface area contributed by atoms with E-state index in [0.717, 1.165) is 11.6 Å². The van der Waals surface area contributed by atoms with Crippen molar-refractivity contribution in [2.24, 2.45) is 0 Å². The number of benzene rings is 2. The van der Waals surface area contributed by atoms with Crippen molar-refractivity contribution in [2.45, 2.75) is 26.1 Å². The first-order chi connectivity index (χ1) is 17.2. The molecule has 0 amide bonds. The van der Waals surface area contributed by atoms with Crippen LogP contribution < -0.4 is 9.64 Å². The molecule has 2 aromatic carbocycles. The topological polar surface area (TPSA) is 101 Å². The normalized spacial score (nSPS) is 11.4. The molecule has 186 valence electrons.